The van der Waals surface area contributed by atoms with Crippen LogP contribution in [0.15, 0.2) is 54.6 Å². The smallest absolute Gasteiger partial charge is 0.274 e. The van der Waals surface area contributed by atoms with Crippen LogP contribution in [-0.4, -0.2) is 10.9 Å². The first-order chi connectivity index (χ1) is 10.1. The predicted octanol–water partition coefficient (Wildman–Crippen LogP) is 3.21. The normalized spacial score (nSPS) is 10.5. The van der Waals surface area contributed by atoms with Crippen LogP contribution in [0, 0.1) is 5.82 Å². The van der Waals surface area contributed by atoms with Gasteiger partial charge in [-0.3, -0.25) is 4.79 Å². The zero-order chi connectivity index (χ0) is 14.8. The maximum absolute atomic E-state index is 12.8. The van der Waals surface area contributed by atoms with Gasteiger partial charge in [0.25, 0.3) is 5.91 Å². The van der Waals surface area contributed by atoms with Gasteiger partial charge in [0.05, 0.1) is 0 Å². The molecule has 3 N–H and O–H groups in total. The summed E-state index contributed by atoms with van der Waals surface area (Å²) in [5.41, 5.74) is 6.58. The number of fused-ring (bicyclic) bond motifs is 1. The third kappa shape index (κ3) is 2.67. The molecule has 3 aromatic rings. The van der Waals surface area contributed by atoms with Crippen molar-refractivity contribution < 1.29 is 9.18 Å². The fourth-order valence-electron chi connectivity index (χ4n) is 2.07. The van der Waals surface area contributed by atoms with E-state index >= 15 is 0 Å². The number of nitrogens with zero attached hydrogens (tertiary/aromatic N) is 1. The standard InChI is InChI=1S/C16H12FN3O/c17-11-5-7-12(8-6-11)19-16(21)14-9-10-3-1-2-4-13(10)15(18)20-14/h1-9H,(H2,18,20)(H,19,21). The molecule has 1 amide bonds. The Hall–Kier alpha value is -2.95. The molecule has 0 spiro atoms. The molecular weight excluding hydrogens is 269 g/mol. The highest BCUT2D eigenvalue weighted by molar-refractivity contribution is 6.06. The van der Waals surface area contributed by atoms with E-state index in [2.05, 4.69) is 10.3 Å². The number of carbonyl (C=O) groups excluding carboxylic acids is 1. The highest BCUT2D eigenvalue weighted by Crippen LogP contribution is 2.20. The lowest BCUT2D eigenvalue weighted by Crippen LogP contribution is -2.14. The van der Waals surface area contributed by atoms with Crippen molar-refractivity contribution in [2.45, 2.75) is 0 Å². The minimum Gasteiger partial charge on any atom is -0.383 e. The highest BCUT2D eigenvalue weighted by atomic mass is 19.1. The minimum atomic E-state index is -0.390. The molecular formula is C16H12FN3O. The van der Waals surface area contributed by atoms with E-state index in [0.29, 0.717) is 11.5 Å². The van der Waals surface area contributed by atoms with Crippen LogP contribution in [0.1, 0.15) is 10.5 Å². The molecule has 0 saturated carbocycles. The first kappa shape index (κ1) is 13.1. The zero-order valence-corrected chi connectivity index (χ0v) is 11.0. The third-order valence-corrected chi connectivity index (χ3v) is 3.10. The quantitative estimate of drug-likeness (QED) is 0.758. The summed E-state index contributed by atoms with van der Waals surface area (Å²) < 4.78 is 12.8. The summed E-state index contributed by atoms with van der Waals surface area (Å²) in [4.78, 5) is 16.3. The van der Waals surface area contributed by atoms with Crippen LogP contribution in [0.25, 0.3) is 10.8 Å². The van der Waals surface area contributed by atoms with E-state index in [1.165, 1.54) is 24.3 Å². The van der Waals surface area contributed by atoms with Crippen LogP contribution < -0.4 is 11.1 Å². The molecule has 0 aliphatic heterocycles. The van der Waals surface area contributed by atoms with Crippen LogP contribution in [0.2, 0.25) is 0 Å². The first-order valence-electron chi connectivity index (χ1n) is 6.36. The molecule has 0 atom stereocenters. The molecule has 0 bridgehead atoms. The second-order valence-corrected chi connectivity index (χ2v) is 4.57. The van der Waals surface area contributed by atoms with Gasteiger partial charge in [-0.15, -0.1) is 0 Å². The molecule has 21 heavy (non-hydrogen) atoms. The Morgan fingerprint density at radius 1 is 1.10 bits per heavy atom. The topological polar surface area (TPSA) is 68.0 Å². The molecule has 2 aromatic carbocycles. The van der Waals surface area contributed by atoms with Crippen LogP contribution >= 0.6 is 0 Å². The molecule has 0 unspecified atom stereocenters. The third-order valence-electron chi connectivity index (χ3n) is 3.10. The summed E-state index contributed by atoms with van der Waals surface area (Å²) in [6, 6.07) is 14.6. The lowest BCUT2D eigenvalue weighted by atomic mass is 10.1. The average molecular weight is 281 g/mol. The molecule has 0 fully saturated rings. The number of hydrogen-bond donors (Lipinski definition) is 2. The second kappa shape index (κ2) is 5.20. The van der Waals surface area contributed by atoms with Gasteiger partial charge in [0.1, 0.15) is 17.3 Å². The molecule has 1 aromatic heterocycles. The number of benzene rings is 2. The van der Waals surface area contributed by atoms with Gasteiger partial charge in [-0.25, -0.2) is 9.37 Å². The number of carbonyl (C=O) groups is 1. The predicted molar refractivity (Wildman–Crippen MR) is 80.5 cm³/mol. The van der Waals surface area contributed by atoms with Crippen molar-refractivity contribution in [1.82, 2.24) is 4.98 Å². The largest absolute Gasteiger partial charge is 0.383 e. The number of halogens is 1. The number of nitrogens with two attached hydrogens (primary N) is 1. The molecule has 0 saturated heterocycles. The van der Waals surface area contributed by atoms with E-state index in [4.69, 9.17) is 5.73 Å². The van der Waals surface area contributed by atoms with E-state index in [0.717, 1.165) is 10.8 Å². The average Bonchev–Trinajstić information content (AvgIpc) is 2.49. The van der Waals surface area contributed by atoms with Gasteiger partial charge in [0.2, 0.25) is 0 Å². The van der Waals surface area contributed by atoms with Gasteiger partial charge in [-0.05, 0) is 35.7 Å². The van der Waals surface area contributed by atoms with E-state index in [1.54, 1.807) is 6.07 Å². The number of anilines is 2. The summed E-state index contributed by atoms with van der Waals surface area (Å²) in [7, 11) is 0. The Balaban J connectivity index is 1.92. The van der Waals surface area contributed by atoms with Crippen molar-refractivity contribution in [3.63, 3.8) is 0 Å². The maximum Gasteiger partial charge on any atom is 0.274 e. The molecule has 5 heteroatoms. The van der Waals surface area contributed by atoms with Gasteiger partial charge in [0, 0.05) is 11.1 Å². The molecule has 0 aliphatic rings. The molecule has 0 aliphatic carbocycles. The van der Waals surface area contributed by atoms with Crippen LogP contribution in [0.3, 0.4) is 0 Å². The zero-order valence-electron chi connectivity index (χ0n) is 11.0. The van der Waals surface area contributed by atoms with E-state index in [9.17, 15) is 9.18 Å². The van der Waals surface area contributed by atoms with Gasteiger partial charge in [0.15, 0.2) is 0 Å². The fourth-order valence-corrected chi connectivity index (χ4v) is 2.07. The summed E-state index contributed by atoms with van der Waals surface area (Å²) in [5.74, 6) is -0.447. The van der Waals surface area contributed by atoms with Crippen LogP contribution in [-0.2, 0) is 0 Å². The Labute approximate surface area is 120 Å². The summed E-state index contributed by atoms with van der Waals surface area (Å²) in [6.45, 7) is 0. The van der Waals surface area contributed by atoms with Gasteiger partial charge < -0.3 is 11.1 Å². The lowest BCUT2D eigenvalue weighted by Gasteiger charge is -2.07. The molecule has 104 valence electrons. The SMILES string of the molecule is Nc1nc(C(=O)Nc2ccc(F)cc2)cc2ccccc12. The monoisotopic (exact) mass is 281 g/mol. The first-order valence-corrected chi connectivity index (χ1v) is 6.36. The van der Waals surface area contributed by atoms with Gasteiger partial charge in [-0.1, -0.05) is 24.3 Å². The van der Waals surface area contributed by atoms with Crippen LogP contribution in [0.4, 0.5) is 15.9 Å². The molecule has 1 heterocycles. The summed E-state index contributed by atoms with van der Waals surface area (Å²) >= 11 is 0. The minimum absolute atomic E-state index is 0.218. The van der Waals surface area contributed by atoms with Crippen molar-refractivity contribution in [3.05, 3.63) is 66.1 Å². The highest BCUT2D eigenvalue weighted by Gasteiger charge is 2.11. The molecule has 4 nitrogen and oxygen atoms in total. The fraction of sp³-hybridized carbons (Fsp3) is 0. The second-order valence-electron chi connectivity index (χ2n) is 4.57. The Morgan fingerprint density at radius 3 is 2.57 bits per heavy atom. The summed E-state index contributed by atoms with van der Waals surface area (Å²) in [5, 5.41) is 4.30. The summed E-state index contributed by atoms with van der Waals surface area (Å²) in [6.07, 6.45) is 0. The number of aromatic nitrogens is 1. The Morgan fingerprint density at radius 2 is 1.81 bits per heavy atom. The van der Waals surface area contributed by atoms with Gasteiger partial charge >= 0.3 is 0 Å². The molecule has 3 rings (SSSR count). The number of nitrogens with one attached hydrogen (secondary N) is 1. The van der Waals surface area contributed by atoms with E-state index in [-0.39, 0.29) is 17.4 Å². The number of pyridine rings is 1. The van der Waals surface area contributed by atoms with Crippen LogP contribution in [0.5, 0.6) is 0 Å². The van der Waals surface area contributed by atoms with Crippen molar-refractivity contribution >= 4 is 28.2 Å². The maximum atomic E-state index is 12.8. The lowest BCUT2D eigenvalue weighted by molar-refractivity contribution is 0.102. The van der Waals surface area contributed by atoms with E-state index < -0.39 is 0 Å². The van der Waals surface area contributed by atoms with Gasteiger partial charge in [-0.2, -0.15) is 0 Å². The van der Waals surface area contributed by atoms with Crippen molar-refractivity contribution in [2.24, 2.45) is 0 Å². The Bertz CT molecular complexity index is 815. The van der Waals surface area contributed by atoms with Crippen molar-refractivity contribution in [2.75, 3.05) is 11.1 Å². The number of nitrogen functional groups attached to an aromatic ring is 1. The Kier molecular flexibility index (Phi) is 3.23. The number of hydrogen-bond acceptors (Lipinski definition) is 3. The number of amides is 1. The van der Waals surface area contributed by atoms with E-state index in [1.807, 2.05) is 24.3 Å². The number of rotatable bonds is 2. The molecule has 0 radical (unpaired) electrons. The van der Waals surface area contributed by atoms with Crippen molar-refractivity contribution in [1.29, 1.82) is 0 Å². The van der Waals surface area contributed by atoms with Crippen molar-refractivity contribution in [3.8, 4) is 0 Å².